The zero-order valence-corrected chi connectivity index (χ0v) is 11.9. The minimum absolute atomic E-state index is 0.0744. The molecule has 1 aromatic carbocycles. The van der Waals surface area contributed by atoms with Crippen LogP contribution >= 0.6 is 0 Å². The second kappa shape index (κ2) is 6.76. The highest BCUT2D eigenvalue weighted by molar-refractivity contribution is 5.33. The number of benzene rings is 1. The first kappa shape index (κ1) is 15.0. The summed E-state index contributed by atoms with van der Waals surface area (Å²) < 4.78 is 5.35. The highest BCUT2D eigenvalue weighted by Crippen LogP contribution is 2.19. The molecule has 3 nitrogen and oxygen atoms in total. The molecule has 0 heterocycles. The lowest BCUT2D eigenvalue weighted by atomic mass is 9.94. The Morgan fingerprint density at radius 3 is 2.61 bits per heavy atom. The summed E-state index contributed by atoms with van der Waals surface area (Å²) in [5, 5.41) is 12.7. The molecule has 0 aliphatic rings. The molecule has 0 aliphatic carbocycles. The van der Waals surface area contributed by atoms with Crippen molar-refractivity contribution >= 4 is 0 Å². The second-order valence-corrected chi connectivity index (χ2v) is 5.62. The van der Waals surface area contributed by atoms with Gasteiger partial charge in [-0.05, 0) is 25.0 Å². The standard InChI is InChI=1S/C15H25NO2/c1-12(16-10-15(2,3)11-17)9-13-7-5-6-8-14(13)18-4/h5-8,12,16-17H,9-11H2,1-4H3. The van der Waals surface area contributed by atoms with Crippen LogP contribution in [0.3, 0.4) is 0 Å². The topological polar surface area (TPSA) is 41.5 Å². The summed E-state index contributed by atoms with van der Waals surface area (Å²) >= 11 is 0. The smallest absolute Gasteiger partial charge is 0.122 e. The monoisotopic (exact) mass is 251 g/mol. The maximum atomic E-state index is 9.22. The Morgan fingerprint density at radius 1 is 1.33 bits per heavy atom. The summed E-state index contributed by atoms with van der Waals surface area (Å²) in [6.07, 6.45) is 0.922. The molecular weight excluding hydrogens is 226 g/mol. The lowest BCUT2D eigenvalue weighted by molar-refractivity contribution is 0.153. The van der Waals surface area contributed by atoms with Gasteiger partial charge in [-0.2, -0.15) is 0 Å². The van der Waals surface area contributed by atoms with Crippen molar-refractivity contribution in [3.63, 3.8) is 0 Å². The van der Waals surface area contributed by atoms with Crippen LogP contribution in [0.2, 0.25) is 0 Å². The van der Waals surface area contributed by atoms with Crippen molar-refractivity contribution in [1.29, 1.82) is 0 Å². The molecule has 0 aliphatic heterocycles. The first-order valence-electron chi connectivity index (χ1n) is 6.44. The fourth-order valence-electron chi connectivity index (χ4n) is 1.78. The number of methoxy groups -OCH3 is 1. The molecule has 1 atom stereocenters. The van der Waals surface area contributed by atoms with Gasteiger partial charge in [0.15, 0.2) is 0 Å². The number of hydrogen-bond acceptors (Lipinski definition) is 3. The summed E-state index contributed by atoms with van der Waals surface area (Å²) in [6.45, 7) is 7.26. The van der Waals surface area contributed by atoms with E-state index in [0.717, 1.165) is 18.7 Å². The Labute approximate surface area is 110 Å². The molecule has 3 heteroatoms. The third-order valence-corrected chi connectivity index (χ3v) is 3.08. The molecule has 1 aromatic rings. The zero-order chi connectivity index (χ0) is 13.6. The first-order valence-corrected chi connectivity index (χ1v) is 6.44. The van der Waals surface area contributed by atoms with E-state index in [1.54, 1.807) is 7.11 Å². The Hall–Kier alpha value is -1.06. The second-order valence-electron chi connectivity index (χ2n) is 5.62. The highest BCUT2D eigenvalue weighted by Gasteiger charge is 2.17. The van der Waals surface area contributed by atoms with Crippen molar-refractivity contribution in [3.05, 3.63) is 29.8 Å². The van der Waals surface area contributed by atoms with Gasteiger partial charge < -0.3 is 15.2 Å². The maximum absolute atomic E-state index is 9.22. The zero-order valence-electron chi connectivity index (χ0n) is 11.9. The van der Waals surface area contributed by atoms with Gasteiger partial charge in [-0.25, -0.2) is 0 Å². The van der Waals surface area contributed by atoms with Crippen molar-refractivity contribution < 1.29 is 9.84 Å². The molecule has 0 aromatic heterocycles. The van der Waals surface area contributed by atoms with Gasteiger partial charge >= 0.3 is 0 Å². The average Bonchev–Trinajstić information content (AvgIpc) is 2.37. The molecule has 18 heavy (non-hydrogen) atoms. The molecule has 0 radical (unpaired) electrons. The quantitative estimate of drug-likeness (QED) is 0.781. The van der Waals surface area contributed by atoms with Crippen molar-refractivity contribution in [3.8, 4) is 5.75 Å². The SMILES string of the molecule is COc1ccccc1CC(C)NCC(C)(C)CO. The van der Waals surface area contributed by atoms with Crippen molar-refractivity contribution in [2.75, 3.05) is 20.3 Å². The summed E-state index contributed by atoms with van der Waals surface area (Å²) in [6, 6.07) is 8.44. The lowest BCUT2D eigenvalue weighted by Gasteiger charge is -2.25. The molecule has 2 N–H and O–H groups in total. The minimum atomic E-state index is -0.0744. The Bertz CT molecular complexity index is 363. The van der Waals surface area contributed by atoms with Gasteiger partial charge in [0.05, 0.1) is 7.11 Å². The molecule has 1 unspecified atom stereocenters. The number of nitrogens with one attached hydrogen (secondary N) is 1. The molecule has 0 spiro atoms. The number of aliphatic hydroxyl groups is 1. The van der Waals surface area contributed by atoms with Crippen molar-refractivity contribution in [2.45, 2.75) is 33.2 Å². The van der Waals surface area contributed by atoms with Crippen LogP contribution in [0.5, 0.6) is 5.75 Å². The van der Waals surface area contributed by atoms with Crippen LogP contribution in [0.15, 0.2) is 24.3 Å². The Balaban J connectivity index is 2.52. The van der Waals surface area contributed by atoms with Crippen LogP contribution in [0.4, 0.5) is 0 Å². The number of rotatable bonds is 7. The molecule has 0 fully saturated rings. The summed E-state index contributed by atoms with van der Waals surface area (Å²) in [7, 11) is 1.70. The molecular formula is C15H25NO2. The molecule has 0 saturated heterocycles. The van der Waals surface area contributed by atoms with E-state index in [1.807, 2.05) is 18.2 Å². The van der Waals surface area contributed by atoms with Crippen LogP contribution in [-0.2, 0) is 6.42 Å². The largest absolute Gasteiger partial charge is 0.496 e. The minimum Gasteiger partial charge on any atom is -0.496 e. The van der Waals surface area contributed by atoms with Crippen LogP contribution in [-0.4, -0.2) is 31.4 Å². The van der Waals surface area contributed by atoms with Gasteiger partial charge in [0.2, 0.25) is 0 Å². The predicted octanol–water partition coefficient (Wildman–Crippen LogP) is 2.23. The molecule has 102 valence electrons. The van der Waals surface area contributed by atoms with Crippen LogP contribution in [0.1, 0.15) is 26.3 Å². The van der Waals surface area contributed by atoms with Gasteiger partial charge in [-0.3, -0.25) is 0 Å². The third-order valence-electron chi connectivity index (χ3n) is 3.08. The van der Waals surface area contributed by atoms with Crippen LogP contribution in [0.25, 0.3) is 0 Å². The fourth-order valence-corrected chi connectivity index (χ4v) is 1.78. The Morgan fingerprint density at radius 2 is 2.00 bits per heavy atom. The summed E-state index contributed by atoms with van der Waals surface area (Å²) in [4.78, 5) is 0. The van der Waals surface area contributed by atoms with E-state index in [9.17, 15) is 5.11 Å². The van der Waals surface area contributed by atoms with Crippen molar-refractivity contribution in [1.82, 2.24) is 5.32 Å². The molecule has 1 rings (SSSR count). The van der Waals surface area contributed by atoms with Gasteiger partial charge in [0.25, 0.3) is 0 Å². The molecule has 0 amide bonds. The van der Waals surface area contributed by atoms with E-state index in [0.29, 0.717) is 6.04 Å². The number of ether oxygens (including phenoxy) is 1. The predicted molar refractivity (Wildman–Crippen MR) is 75.0 cm³/mol. The fraction of sp³-hybridized carbons (Fsp3) is 0.600. The number of para-hydroxylation sites is 1. The van der Waals surface area contributed by atoms with Crippen molar-refractivity contribution in [2.24, 2.45) is 5.41 Å². The van der Waals surface area contributed by atoms with Crippen LogP contribution < -0.4 is 10.1 Å². The van der Waals surface area contributed by atoms with Crippen LogP contribution in [0, 0.1) is 5.41 Å². The highest BCUT2D eigenvalue weighted by atomic mass is 16.5. The Kier molecular flexibility index (Phi) is 5.63. The van der Waals surface area contributed by atoms with Gasteiger partial charge in [0, 0.05) is 24.6 Å². The maximum Gasteiger partial charge on any atom is 0.122 e. The summed E-state index contributed by atoms with van der Waals surface area (Å²) in [5.41, 5.74) is 1.14. The van der Waals surface area contributed by atoms with Gasteiger partial charge in [-0.1, -0.05) is 32.0 Å². The van der Waals surface area contributed by atoms with Gasteiger partial charge in [-0.15, -0.1) is 0 Å². The molecule has 0 saturated carbocycles. The summed E-state index contributed by atoms with van der Waals surface area (Å²) in [5.74, 6) is 0.938. The van der Waals surface area contributed by atoms with E-state index in [1.165, 1.54) is 5.56 Å². The average molecular weight is 251 g/mol. The number of hydrogen-bond donors (Lipinski definition) is 2. The van der Waals surface area contributed by atoms with E-state index >= 15 is 0 Å². The van der Waals surface area contributed by atoms with E-state index in [-0.39, 0.29) is 12.0 Å². The molecule has 0 bridgehead atoms. The third kappa shape index (κ3) is 4.67. The van der Waals surface area contributed by atoms with E-state index in [4.69, 9.17) is 4.74 Å². The normalized spacial score (nSPS) is 13.4. The van der Waals surface area contributed by atoms with E-state index < -0.39 is 0 Å². The van der Waals surface area contributed by atoms with E-state index in [2.05, 4.69) is 32.2 Å². The first-order chi connectivity index (χ1) is 8.48. The van der Waals surface area contributed by atoms with Gasteiger partial charge in [0.1, 0.15) is 5.75 Å². The lowest BCUT2D eigenvalue weighted by Crippen LogP contribution is -2.38. The number of aliphatic hydroxyl groups excluding tert-OH is 1.